The fourth-order valence-electron chi connectivity index (χ4n) is 1.42. The predicted octanol–water partition coefficient (Wildman–Crippen LogP) is 2.17. The Labute approximate surface area is 132 Å². The first-order valence-electron chi connectivity index (χ1n) is 6.68. The van der Waals surface area contributed by atoms with Gasteiger partial charge in [-0.05, 0) is 38.1 Å². The van der Waals surface area contributed by atoms with Gasteiger partial charge in [0.1, 0.15) is 0 Å². The maximum Gasteiger partial charge on any atom is 0.251 e. The van der Waals surface area contributed by atoms with E-state index >= 15 is 0 Å². The van der Waals surface area contributed by atoms with Crippen LogP contribution in [0.2, 0.25) is 0 Å². The molecule has 118 valence electrons. The third-order valence-corrected chi connectivity index (χ3v) is 2.90. The molecule has 0 spiro atoms. The third-order valence-electron chi connectivity index (χ3n) is 2.90. The van der Waals surface area contributed by atoms with E-state index < -0.39 is 5.54 Å². The highest BCUT2D eigenvalue weighted by Crippen LogP contribution is 2.12. The van der Waals surface area contributed by atoms with Crippen molar-refractivity contribution in [3.05, 3.63) is 29.8 Å². The van der Waals surface area contributed by atoms with Crippen LogP contribution in [0, 0.1) is 5.92 Å². The molecule has 5 nitrogen and oxygen atoms in total. The van der Waals surface area contributed by atoms with E-state index in [1.807, 2.05) is 27.7 Å². The molecule has 0 fully saturated rings. The Morgan fingerprint density at radius 3 is 2.14 bits per heavy atom. The van der Waals surface area contributed by atoms with Crippen LogP contribution in [0.5, 0.6) is 0 Å². The first kappa shape index (κ1) is 19.4. The molecule has 1 aromatic rings. The summed E-state index contributed by atoms with van der Waals surface area (Å²) in [5.41, 5.74) is 6.35. The van der Waals surface area contributed by atoms with Gasteiger partial charge < -0.3 is 16.4 Å². The van der Waals surface area contributed by atoms with Gasteiger partial charge in [0.2, 0.25) is 5.91 Å². The van der Waals surface area contributed by atoms with Crippen LogP contribution >= 0.6 is 12.4 Å². The minimum absolute atomic E-state index is 0. The van der Waals surface area contributed by atoms with Gasteiger partial charge in [0.15, 0.2) is 0 Å². The fourth-order valence-corrected chi connectivity index (χ4v) is 1.42. The van der Waals surface area contributed by atoms with Gasteiger partial charge in [0.05, 0.1) is 0 Å². The van der Waals surface area contributed by atoms with Crippen LogP contribution in [-0.2, 0) is 4.79 Å². The molecule has 0 aromatic heterocycles. The molecule has 6 heteroatoms. The van der Waals surface area contributed by atoms with Gasteiger partial charge in [-0.25, -0.2) is 0 Å². The first-order valence-corrected chi connectivity index (χ1v) is 6.68. The maximum atomic E-state index is 12.0. The molecule has 0 atom stereocenters. The quantitative estimate of drug-likeness (QED) is 0.779. The van der Waals surface area contributed by atoms with Crippen LogP contribution in [0.25, 0.3) is 0 Å². The second-order valence-electron chi connectivity index (χ2n) is 5.76. The Morgan fingerprint density at radius 1 is 1.19 bits per heavy atom. The molecule has 0 bridgehead atoms. The van der Waals surface area contributed by atoms with E-state index in [2.05, 4.69) is 10.6 Å². The van der Waals surface area contributed by atoms with E-state index in [0.29, 0.717) is 17.8 Å². The van der Waals surface area contributed by atoms with E-state index in [1.165, 1.54) is 0 Å². The Hall–Kier alpha value is -1.59. The minimum atomic E-state index is -0.443. The van der Waals surface area contributed by atoms with Gasteiger partial charge >= 0.3 is 0 Å². The highest BCUT2D eigenvalue weighted by Gasteiger charge is 2.19. The van der Waals surface area contributed by atoms with Gasteiger partial charge in [-0.2, -0.15) is 0 Å². The summed E-state index contributed by atoms with van der Waals surface area (Å²) in [6.45, 7) is 7.74. The zero-order valence-electron chi connectivity index (χ0n) is 12.9. The molecule has 0 unspecified atom stereocenters. The molecule has 0 radical (unpaired) electrons. The number of hydrogen-bond acceptors (Lipinski definition) is 3. The minimum Gasteiger partial charge on any atom is -0.346 e. The molecule has 0 aliphatic rings. The highest BCUT2D eigenvalue weighted by atomic mass is 35.5. The summed E-state index contributed by atoms with van der Waals surface area (Å²) < 4.78 is 0. The molecule has 0 saturated carbocycles. The van der Waals surface area contributed by atoms with Crippen molar-refractivity contribution >= 4 is 29.9 Å². The van der Waals surface area contributed by atoms with E-state index in [-0.39, 0.29) is 30.1 Å². The molecule has 0 saturated heterocycles. The van der Waals surface area contributed by atoms with Crippen molar-refractivity contribution in [1.82, 2.24) is 5.32 Å². The number of nitrogens with two attached hydrogens (primary N) is 1. The summed E-state index contributed by atoms with van der Waals surface area (Å²) in [7, 11) is 0. The predicted molar refractivity (Wildman–Crippen MR) is 87.8 cm³/mol. The summed E-state index contributed by atoms with van der Waals surface area (Å²) in [6, 6.07) is 6.78. The Kier molecular flexibility index (Phi) is 7.39. The molecule has 21 heavy (non-hydrogen) atoms. The van der Waals surface area contributed by atoms with Crippen molar-refractivity contribution in [2.24, 2.45) is 11.7 Å². The fraction of sp³-hybridized carbons (Fsp3) is 0.467. The van der Waals surface area contributed by atoms with Crippen LogP contribution in [0.1, 0.15) is 38.1 Å². The number of hydrogen-bond donors (Lipinski definition) is 3. The van der Waals surface area contributed by atoms with Gasteiger partial charge in [0, 0.05) is 29.3 Å². The lowest BCUT2D eigenvalue weighted by atomic mass is 10.1. The molecule has 2 amide bonds. The van der Waals surface area contributed by atoms with Crippen molar-refractivity contribution in [3.8, 4) is 0 Å². The zero-order valence-corrected chi connectivity index (χ0v) is 13.7. The molecular formula is C15H24ClN3O2. The Morgan fingerprint density at radius 2 is 1.71 bits per heavy atom. The summed E-state index contributed by atoms with van der Waals surface area (Å²) >= 11 is 0. The lowest BCUT2D eigenvalue weighted by molar-refractivity contribution is -0.118. The van der Waals surface area contributed by atoms with E-state index in [4.69, 9.17) is 5.73 Å². The number of anilines is 1. The monoisotopic (exact) mass is 313 g/mol. The second-order valence-corrected chi connectivity index (χ2v) is 5.76. The van der Waals surface area contributed by atoms with Crippen molar-refractivity contribution < 1.29 is 9.59 Å². The summed E-state index contributed by atoms with van der Waals surface area (Å²) in [5.74, 6) is -0.308. The summed E-state index contributed by atoms with van der Waals surface area (Å²) in [4.78, 5) is 23.6. The van der Waals surface area contributed by atoms with Crippen LogP contribution < -0.4 is 16.4 Å². The zero-order chi connectivity index (χ0) is 15.3. The third kappa shape index (κ3) is 6.14. The Bertz CT molecular complexity index is 484. The standard InChI is InChI=1S/C15H23N3O2.ClH/c1-10(2)13(19)17-12-7-5-11(6-8-12)14(20)18-15(3,4)9-16;/h5-8,10H,9,16H2,1-4H3,(H,17,19)(H,18,20);1H. The normalized spacial score (nSPS) is 10.8. The Balaban J connectivity index is 0.00000400. The molecular weight excluding hydrogens is 290 g/mol. The summed E-state index contributed by atoms with van der Waals surface area (Å²) in [6.07, 6.45) is 0. The average molecular weight is 314 g/mol. The number of carbonyl (C=O) groups excluding carboxylic acids is 2. The smallest absolute Gasteiger partial charge is 0.251 e. The number of nitrogens with one attached hydrogen (secondary N) is 2. The van der Waals surface area contributed by atoms with Gasteiger partial charge in [-0.3, -0.25) is 9.59 Å². The SMILES string of the molecule is CC(C)C(=O)Nc1ccc(C(=O)NC(C)(C)CN)cc1.Cl. The average Bonchev–Trinajstić information content (AvgIpc) is 2.38. The van der Waals surface area contributed by atoms with Crippen LogP contribution in [0.4, 0.5) is 5.69 Å². The number of halogens is 1. The van der Waals surface area contributed by atoms with Gasteiger partial charge in [-0.1, -0.05) is 13.8 Å². The number of amides is 2. The first-order chi connectivity index (χ1) is 9.25. The largest absolute Gasteiger partial charge is 0.346 e. The van der Waals surface area contributed by atoms with Gasteiger partial charge in [0.25, 0.3) is 5.91 Å². The number of rotatable bonds is 5. The lowest BCUT2D eigenvalue weighted by Gasteiger charge is -2.24. The van der Waals surface area contributed by atoms with Crippen molar-refractivity contribution in [2.75, 3.05) is 11.9 Å². The van der Waals surface area contributed by atoms with Gasteiger partial charge in [-0.15, -0.1) is 12.4 Å². The van der Waals surface area contributed by atoms with Crippen molar-refractivity contribution in [2.45, 2.75) is 33.2 Å². The van der Waals surface area contributed by atoms with Crippen molar-refractivity contribution in [3.63, 3.8) is 0 Å². The number of benzene rings is 1. The highest BCUT2D eigenvalue weighted by molar-refractivity contribution is 5.96. The van der Waals surface area contributed by atoms with E-state index in [1.54, 1.807) is 24.3 Å². The maximum absolute atomic E-state index is 12.0. The molecule has 0 aliphatic carbocycles. The summed E-state index contributed by atoms with van der Waals surface area (Å²) in [5, 5.41) is 5.63. The lowest BCUT2D eigenvalue weighted by Crippen LogP contribution is -2.48. The molecule has 1 aromatic carbocycles. The van der Waals surface area contributed by atoms with E-state index in [9.17, 15) is 9.59 Å². The molecule has 0 aliphatic heterocycles. The number of carbonyl (C=O) groups is 2. The molecule has 1 rings (SSSR count). The second kappa shape index (κ2) is 8.00. The topological polar surface area (TPSA) is 84.2 Å². The van der Waals surface area contributed by atoms with Crippen LogP contribution in [0.3, 0.4) is 0 Å². The van der Waals surface area contributed by atoms with Crippen LogP contribution in [0.15, 0.2) is 24.3 Å². The molecule has 4 N–H and O–H groups in total. The van der Waals surface area contributed by atoms with E-state index in [0.717, 1.165) is 0 Å². The van der Waals surface area contributed by atoms with Crippen molar-refractivity contribution in [1.29, 1.82) is 0 Å². The molecule has 0 heterocycles. The van der Waals surface area contributed by atoms with Crippen LogP contribution in [-0.4, -0.2) is 23.9 Å².